The molecule has 0 aliphatic rings. The Labute approximate surface area is 132 Å². The Morgan fingerprint density at radius 2 is 2.09 bits per heavy atom. The van der Waals surface area contributed by atoms with E-state index >= 15 is 0 Å². The van der Waals surface area contributed by atoms with Crippen molar-refractivity contribution in [1.82, 2.24) is 9.97 Å². The minimum absolute atomic E-state index is 0.207. The van der Waals surface area contributed by atoms with Gasteiger partial charge in [0.1, 0.15) is 17.0 Å². The van der Waals surface area contributed by atoms with Crippen LogP contribution in [0.25, 0.3) is 10.2 Å². The summed E-state index contributed by atoms with van der Waals surface area (Å²) in [6.45, 7) is 2.03. The topological polar surface area (TPSA) is 80.9 Å². The number of nitrogens with zero attached hydrogens (tertiary/aromatic N) is 2. The van der Waals surface area contributed by atoms with Crippen LogP contribution < -0.4 is 11.1 Å². The number of benzene rings is 1. The predicted octanol–water partition coefficient (Wildman–Crippen LogP) is 3.03. The zero-order valence-electron chi connectivity index (χ0n) is 12.1. The fourth-order valence-corrected chi connectivity index (χ4v) is 3.32. The van der Waals surface area contributed by atoms with Crippen LogP contribution in [0.15, 0.2) is 42.0 Å². The van der Waals surface area contributed by atoms with Crippen LogP contribution in [0.1, 0.15) is 23.6 Å². The van der Waals surface area contributed by atoms with Crippen molar-refractivity contribution in [3.63, 3.8) is 0 Å². The first kappa shape index (κ1) is 14.5. The molecule has 1 aromatic carbocycles. The van der Waals surface area contributed by atoms with Gasteiger partial charge in [-0.1, -0.05) is 30.3 Å². The van der Waals surface area contributed by atoms with Gasteiger partial charge < -0.3 is 11.1 Å². The largest absolute Gasteiger partial charge is 0.370 e. The van der Waals surface area contributed by atoms with Crippen molar-refractivity contribution in [1.29, 1.82) is 0 Å². The number of thiophene rings is 1. The van der Waals surface area contributed by atoms with Crippen molar-refractivity contribution in [2.75, 3.05) is 5.32 Å². The number of rotatable bonds is 5. The Kier molecular flexibility index (Phi) is 4.02. The summed E-state index contributed by atoms with van der Waals surface area (Å²) >= 11 is 1.58. The lowest BCUT2D eigenvalue weighted by molar-refractivity contribution is -0.118. The molecule has 6 heteroatoms. The molecular formula is C16H16N4OS. The maximum atomic E-state index is 11.4. The normalized spacial score (nSPS) is 12.2. The Hall–Kier alpha value is -2.47. The van der Waals surface area contributed by atoms with Crippen LogP contribution in [0.5, 0.6) is 0 Å². The Morgan fingerprint density at radius 1 is 1.32 bits per heavy atom. The molecule has 0 spiro atoms. The number of nitrogens with one attached hydrogen (secondary N) is 1. The number of carbonyl (C=O) groups is 1. The first-order valence-corrected chi connectivity index (χ1v) is 7.81. The van der Waals surface area contributed by atoms with Gasteiger partial charge in [-0.2, -0.15) is 0 Å². The second kappa shape index (κ2) is 6.11. The van der Waals surface area contributed by atoms with Gasteiger partial charge in [-0.15, -0.1) is 11.3 Å². The third-order valence-electron chi connectivity index (χ3n) is 3.47. The summed E-state index contributed by atoms with van der Waals surface area (Å²) in [6.07, 6.45) is 1.74. The van der Waals surface area contributed by atoms with Crippen LogP contribution in [0.2, 0.25) is 0 Å². The van der Waals surface area contributed by atoms with Gasteiger partial charge in [0.25, 0.3) is 0 Å². The summed E-state index contributed by atoms with van der Waals surface area (Å²) in [6, 6.07) is 9.55. The molecule has 0 radical (unpaired) electrons. The molecular weight excluding hydrogens is 296 g/mol. The molecule has 0 unspecified atom stereocenters. The van der Waals surface area contributed by atoms with Crippen LogP contribution >= 0.6 is 11.3 Å². The number of carbonyl (C=O) groups excluding carboxylic acids is 1. The first-order valence-electron chi connectivity index (χ1n) is 6.93. The van der Waals surface area contributed by atoms with Gasteiger partial charge in [0.05, 0.1) is 17.8 Å². The van der Waals surface area contributed by atoms with E-state index in [0.29, 0.717) is 0 Å². The van der Waals surface area contributed by atoms with Crippen LogP contribution in [-0.4, -0.2) is 15.9 Å². The lowest BCUT2D eigenvalue weighted by atomic mass is 10.0. The molecule has 0 aliphatic carbocycles. The lowest BCUT2D eigenvalue weighted by Crippen LogP contribution is -2.21. The fourth-order valence-electron chi connectivity index (χ4n) is 2.43. The van der Waals surface area contributed by atoms with Gasteiger partial charge in [0.2, 0.25) is 5.91 Å². The number of aryl methyl sites for hydroxylation is 1. The summed E-state index contributed by atoms with van der Waals surface area (Å²) in [5, 5.41) is 6.40. The molecule has 2 heterocycles. The summed E-state index contributed by atoms with van der Waals surface area (Å²) in [7, 11) is 0. The predicted molar refractivity (Wildman–Crippen MR) is 88.8 cm³/mol. The zero-order chi connectivity index (χ0) is 15.5. The molecule has 3 N–H and O–H groups in total. The van der Waals surface area contributed by atoms with Crippen LogP contribution in [0, 0.1) is 6.92 Å². The molecule has 5 nitrogen and oxygen atoms in total. The summed E-state index contributed by atoms with van der Waals surface area (Å²) in [5.74, 6) is 0.382. The number of hydrogen-bond donors (Lipinski definition) is 2. The SMILES string of the molecule is Cc1csc2ncnc(N[C@@H](CC(N)=O)c3ccccc3)c12. The summed E-state index contributed by atoms with van der Waals surface area (Å²) in [4.78, 5) is 21.0. The Bertz CT molecular complexity index is 800. The van der Waals surface area contributed by atoms with Gasteiger partial charge in [-0.05, 0) is 23.4 Å². The molecule has 1 amide bonds. The van der Waals surface area contributed by atoms with Crippen molar-refractivity contribution < 1.29 is 4.79 Å². The third-order valence-corrected chi connectivity index (χ3v) is 4.48. The minimum Gasteiger partial charge on any atom is -0.370 e. The van der Waals surface area contributed by atoms with Gasteiger partial charge in [-0.25, -0.2) is 9.97 Å². The molecule has 1 atom stereocenters. The van der Waals surface area contributed by atoms with E-state index in [1.165, 1.54) is 6.33 Å². The number of primary amides is 1. The molecule has 0 bridgehead atoms. The van der Waals surface area contributed by atoms with Crippen molar-refractivity contribution in [2.45, 2.75) is 19.4 Å². The average molecular weight is 312 g/mol. The number of nitrogens with two attached hydrogens (primary N) is 1. The van der Waals surface area contributed by atoms with E-state index < -0.39 is 0 Å². The molecule has 22 heavy (non-hydrogen) atoms. The summed E-state index contributed by atoms with van der Waals surface area (Å²) in [5.41, 5.74) is 7.52. The number of hydrogen-bond acceptors (Lipinski definition) is 5. The molecule has 0 saturated heterocycles. The maximum absolute atomic E-state index is 11.4. The van der Waals surface area contributed by atoms with E-state index in [0.717, 1.165) is 27.2 Å². The number of anilines is 1. The molecule has 0 fully saturated rings. The highest BCUT2D eigenvalue weighted by atomic mass is 32.1. The molecule has 0 aliphatic heterocycles. The highest BCUT2D eigenvalue weighted by Gasteiger charge is 2.17. The number of fused-ring (bicyclic) bond motifs is 1. The van der Waals surface area contributed by atoms with Crippen molar-refractivity contribution in [2.24, 2.45) is 5.73 Å². The lowest BCUT2D eigenvalue weighted by Gasteiger charge is -2.19. The van der Waals surface area contributed by atoms with E-state index in [-0.39, 0.29) is 18.4 Å². The van der Waals surface area contributed by atoms with Crippen molar-refractivity contribution in [3.8, 4) is 0 Å². The van der Waals surface area contributed by atoms with E-state index in [4.69, 9.17) is 5.73 Å². The molecule has 112 valence electrons. The smallest absolute Gasteiger partial charge is 0.219 e. The monoisotopic (exact) mass is 312 g/mol. The highest BCUT2D eigenvalue weighted by molar-refractivity contribution is 7.17. The van der Waals surface area contributed by atoms with E-state index in [1.54, 1.807) is 11.3 Å². The van der Waals surface area contributed by atoms with Gasteiger partial charge >= 0.3 is 0 Å². The molecule has 0 saturated carbocycles. The quantitative estimate of drug-likeness (QED) is 0.759. The number of amides is 1. The molecule has 2 aromatic heterocycles. The van der Waals surface area contributed by atoms with E-state index in [2.05, 4.69) is 20.7 Å². The second-order valence-electron chi connectivity index (χ2n) is 5.10. The van der Waals surface area contributed by atoms with Crippen LogP contribution in [-0.2, 0) is 4.79 Å². The van der Waals surface area contributed by atoms with Crippen molar-refractivity contribution >= 4 is 33.3 Å². The van der Waals surface area contributed by atoms with E-state index in [9.17, 15) is 4.79 Å². The Morgan fingerprint density at radius 3 is 2.82 bits per heavy atom. The van der Waals surface area contributed by atoms with Gasteiger partial charge in [0, 0.05) is 0 Å². The average Bonchev–Trinajstić information content (AvgIpc) is 2.90. The van der Waals surface area contributed by atoms with Crippen LogP contribution in [0.3, 0.4) is 0 Å². The summed E-state index contributed by atoms with van der Waals surface area (Å²) < 4.78 is 0. The van der Waals surface area contributed by atoms with Gasteiger partial charge in [-0.3, -0.25) is 4.79 Å². The molecule has 3 rings (SSSR count). The molecule has 3 aromatic rings. The fraction of sp³-hybridized carbons (Fsp3) is 0.188. The number of aromatic nitrogens is 2. The standard InChI is InChI=1S/C16H16N4OS/c1-10-8-22-16-14(10)15(18-9-19-16)20-12(7-13(17)21)11-5-3-2-4-6-11/h2-6,8-9,12H,7H2,1H3,(H2,17,21)(H,18,19,20)/t12-/m0/s1. The highest BCUT2D eigenvalue weighted by Crippen LogP contribution is 2.31. The Balaban J connectivity index is 1.99. The van der Waals surface area contributed by atoms with Crippen LogP contribution in [0.4, 0.5) is 5.82 Å². The minimum atomic E-state index is -0.353. The zero-order valence-corrected chi connectivity index (χ0v) is 12.9. The van der Waals surface area contributed by atoms with Crippen molar-refractivity contribution in [3.05, 3.63) is 53.2 Å². The van der Waals surface area contributed by atoms with Gasteiger partial charge in [0.15, 0.2) is 0 Å². The van der Waals surface area contributed by atoms with E-state index in [1.807, 2.05) is 37.3 Å². The first-order chi connectivity index (χ1) is 10.6. The third kappa shape index (κ3) is 2.92. The maximum Gasteiger partial charge on any atom is 0.219 e. The second-order valence-corrected chi connectivity index (χ2v) is 5.96.